The Morgan fingerprint density at radius 2 is 1.87 bits per heavy atom. The van der Waals surface area contributed by atoms with E-state index in [1.54, 1.807) is 36.5 Å². The zero-order chi connectivity index (χ0) is 27.7. The molecule has 0 fully saturated rings. The highest BCUT2D eigenvalue weighted by Crippen LogP contribution is 2.41. The van der Waals surface area contributed by atoms with Crippen molar-refractivity contribution in [3.63, 3.8) is 0 Å². The summed E-state index contributed by atoms with van der Waals surface area (Å²) in [6.45, 7) is 5.94. The molecule has 0 saturated carbocycles. The minimum absolute atomic E-state index is 0.0376. The number of anilines is 1. The molecule has 9 heteroatoms. The van der Waals surface area contributed by atoms with Crippen molar-refractivity contribution < 1.29 is 23.8 Å². The predicted molar refractivity (Wildman–Crippen MR) is 149 cm³/mol. The molecule has 2 aromatic heterocycles. The molecule has 3 heterocycles. The van der Waals surface area contributed by atoms with Crippen molar-refractivity contribution in [2.24, 2.45) is 0 Å². The van der Waals surface area contributed by atoms with Crippen LogP contribution in [-0.2, 0) is 11.3 Å². The van der Waals surface area contributed by atoms with Gasteiger partial charge in [-0.1, -0.05) is 29.8 Å². The molecule has 5 rings (SSSR count). The van der Waals surface area contributed by atoms with Crippen LogP contribution in [0, 0.1) is 0 Å². The molecule has 1 unspecified atom stereocenters. The van der Waals surface area contributed by atoms with Gasteiger partial charge in [-0.25, -0.2) is 0 Å². The van der Waals surface area contributed by atoms with Gasteiger partial charge in [0.1, 0.15) is 0 Å². The average Bonchev–Trinajstić information content (AvgIpc) is 3.48. The first kappa shape index (κ1) is 26.3. The largest absolute Gasteiger partial charge is 0.503 e. The highest BCUT2D eigenvalue weighted by atomic mass is 35.5. The first-order valence-electron chi connectivity index (χ1n) is 12.7. The number of methoxy groups -OCH3 is 1. The lowest BCUT2D eigenvalue weighted by Gasteiger charge is -2.27. The third-order valence-electron chi connectivity index (χ3n) is 6.93. The van der Waals surface area contributed by atoms with E-state index < -0.39 is 23.5 Å². The number of Topliss-reactive ketones (excluding diaryl/α,β-unsaturated/α-hetero) is 1. The first-order valence-corrected chi connectivity index (χ1v) is 13.0. The summed E-state index contributed by atoms with van der Waals surface area (Å²) >= 11 is 6.20. The Hall–Kier alpha value is -4.30. The molecular weight excluding hydrogens is 518 g/mol. The lowest BCUT2D eigenvalue weighted by Crippen LogP contribution is -2.31. The maximum Gasteiger partial charge on any atom is 0.290 e. The number of benzene rings is 2. The fraction of sp³-hybridized carbons (Fsp3) is 0.233. The molecule has 0 bridgehead atoms. The number of carbonyl (C=O) groups excluding carboxylic acids is 2. The number of ketones is 1. The van der Waals surface area contributed by atoms with Gasteiger partial charge in [-0.05, 0) is 55.8 Å². The van der Waals surface area contributed by atoms with Gasteiger partial charge in [-0.15, -0.1) is 0 Å². The van der Waals surface area contributed by atoms with Crippen LogP contribution in [0.3, 0.4) is 0 Å². The SMILES string of the molecule is CCN(CC)c1ccc(C2C(C(=O)c3cc4cc(Cl)cc(OC)c4o3)=C(O)C(=O)N2Cc2ccccn2)cc1. The topological polar surface area (TPSA) is 96.1 Å². The van der Waals surface area contributed by atoms with Gasteiger partial charge in [0.15, 0.2) is 22.9 Å². The molecule has 1 aliphatic heterocycles. The van der Waals surface area contributed by atoms with E-state index >= 15 is 0 Å². The van der Waals surface area contributed by atoms with Crippen LogP contribution in [0.15, 0.2) is 82.6 Å². The van der Waals surface area contributed by atoms with E-state index in [4.69, 9.17) is 20.8 Å². The second-order valence-corrected chi connectivity index (χ2v) is 9.59. The van der Waals surface area contributed by atoms with Gasteiger partial charge < -0.3 is 24.1 Å². The van der Waals surface area contributed by atoms with Gasteiger partial charge in [0, 0.05) is 41.4 Å². The summed E-state index contributed by atoms with van der Waals surface area (Å²) in [5.41, 5.74) is 2.61. The van der Waals surface area contributed by atoms with Crippen LogP contribution < -0.4 is 9.64 Å². The molecule has 1 amide bonds. The van der Waals surface area contributed by atoms with Gasteiger partial charge >= 0.3 is 0 Å². The van der Waals surface area contributed by atoms with Gasteiger partial charge in [-0.2, -0.15) is 0 Å². The van der Waals surface area contributed by atoms with Crippen LogP contribution in [-0.4, -0.2) is 46.9 Å². The van der Waals surface area contributed by atoms with E-state index in [1.807, 2.05) is 30.3 Å². The number of pyridine rings is 1. The van der Waals surface area contributed by atoms with Crippen molar-refractivity contribution in [3.8, 4) is 5.75 Å². The maximum atomic E-state index is 13.9. The molecule has 0 aliphatic carbocycles. The minimum atomic E-state index is -0.851. The molecule has 0 radical (unpaired) electrons. The molecule has 39 heavy (non-hydrogen) atoms. The van der Waals surface area contributed by atoms with Gasteiger partial charge in [0.2, 0.25) is 5.78 Å². The lowest BCUT2D eigenvalue weighted by molar-refractivity contribution is -0.130. The number of nitrogens with zero attached hydrogens (tertiary/aromatic N) is 3. The zero-order valence-electron chi connectivity index (χ0n) is 21.8. The number of rotatable bonds is 9. The number of aromatic nitrogens is 1. The number of hydrogen-bond acceptors (Lipinski definition) is 7. The normalized spacial score (nSPS) is 15.3. The van der Waals surface area contributed by atoms with Gasteiger partial charge in [0.05, 0.1) is 31.0 Å². The Morgan fingerprint density at radius 3 is 2.51 bits per heavy atom. The van der Waals surface area contributed by atoms with E-state index in [2.05, 4.69) is 23.7 Å². The van der Waals surface area contributed by atoms with Crippen molar-refractivity contribution in [2.75, 3.05) is 25.1 Å². The molecule has 1 aliphatic rings. The second kappa shape index (κ2) is 10.8. The van der Waals surface area contributed by atoms with E-state index in [0.717, 1.165) is 18.8 Å². The molecule has 8 nitrogen and oxygen atoms in total. The Morgan fingerprint density at radius 1 is 1.13 bits per heavy atom. The molecule has 2 aromatic carbocycles. The number of aliphatic hydroxyl groups excluding tert-OH is 1. The molecule has 4 aromatic rings. The Labute approximate surface area is 231 Å². The average molecular weight is 546 g/mol. The number of hydrogen-bond donors (Lipinski definition) is 1. The Bertz CT molecular complexity index is 1560. The summed E-state index contributed by atoms with van der Waals surface area (Å²) in [5.74, 6) is -1.53. The van der Waals surface area contributed by atoms with Crippen LogP contribution in [0.25, 0.3) is 11.0 Å². The molecule has 1 N–H and O–H groups in total. The van der Waals surface area contributed by atoms with Gasteiger partial charge in [0.25, 0.3) is 5.91 Å². The third-order valence-corrected chi connectivity index (χ3v) is 7.15. The number of aliphatic hydroxyl groups is 1. The Kier molecular flexibility index (Phi) is 7.30. The van der Waals surface area contributed by atoms with Gasteiger partial charge in [-0.3, -0.25) is 14.6 Å². The summed E-state index contributed by atoms with van der Waals surface area (Å²) < 4.78 is 11.3. The monoisotopic (exact) mass is 545 g/mol. The fourth-order valence-electron chi connectivity index (χ4n) is 5.00. The maximum absolute atomic E-state index is 13.9. The van der Waals surface area contributed by atoms with Crippen LogP contribution >= 0.6 is 11.6 Å². The summed E-state index contributed by atoms with van der Waals surface area (Å²) in [6.07, 6.45) is 1.63. The second-order valence-electron chi connectivity index (χ2n) is 9.15. The van der Waals surface area contributed by atoms with Crippen LogP contribution in [0.1, 0.15) is 41.7 Å². The third kappa shape index (κ3) is 4.83. The summed E-state index contributed by atoms with van der Waals surface area (Å²) in [7, 11) is 1.48. The number of halogens is 1. The number of amides is 1. The Balaban J connectivity index is 1.59. The van der Waals surface area contributed by atoms with Crippen LogP contribution in [0.4, 0.5) is 5.69 Å². The molecule has 0 spiro atoms. The fourth-order valence-corrected chi connectivity index (χ4v) is 5.22. The van der Waals surface area contributed by atoms with Crippen molar-refractivity contribution >= 4 is 39.9 Å². The van der Waals surface area contributed by atoms with Crippen molar-refractivity contribution in [3.05, 3.63) is 100 Å². The van der Waals surface area contributed by atoms with E-state index in [1.165, 1.54) is 12.0 Å². The zero-order valence-corrected chi connectivity index (χ0v) is 22.6. The summed E-state index contributed by atoms with van der Waals surface area (Å²) in [6, 6.07) is 17.0. The van der Waals surface area contributed by atoms with E-state index in [-0.39, 0.29) is 17.9 Å². The highest BCUT2D eigenvalue weighted by molar-refractivity contribution is 6.31. The predicted octanol–water partition coefficient (Wildman–Crippen LogP) is 6.11. The number of fused-ring (bicyclic) bond motifs is 1. The standard InChI is InChI=1S/C30H28ClN3O5/c1-4-33(5-2)22-11-9-18(10-12-22)26-25(28(36)30(37)34(26)17-21-8-6-7-13-32-21)27(35)23-15-19-14-20(31)16-24(38-3)29(19)39-23/h6-16,26,36H,4-5,17H2,1-3H3. The van der Waals surface area contributed by atoms with E-state index in [9.17, 15) is 14.7 Å². The van der Waals surface area contributed by atoms with Crippen molar-refractivity contribution in [1.82, 2.24) is 9.88 Å². The van der Waals surface area contributed by atoms with Crippen molar-refractivity contribution in [1.29, 1.82) is 0 Å². The smallest absolute Gasteiger partial charge is 0.290 e. The number of carbonyl (C=O) groups is 2. The lowest BCUT2D eigenvalue weighted by atomic mass is 9.94. The molecule has 1 atom stereocenters. The number of furan rings is 1. The summed E-state index contributed by atoms with van der Waals surface area (Å²) in [4.78, 5) is 35.3. The minimum Gasteiger partial charge on any atom is -0.503 e. The molecule has 200 valence electrons. The number of ether oxygens (including phenoxy) is 1. The quantitative estimate of drug-likeness (QED) is 0.253. The molecule has 0 saturated heterocycles. The highest BCUT2D eigenvalue weighted by Gasteiger charge is 2.44. The van der Waals surface area contributed by atoms with Crippen LogP contribution in [0.2, 0.25) is 5.02 Å². The summed E-state index contributed by atoms with van der Waals surface area (Å²) in [5, 5.41) is 12.0. The van der Waals surface area contributed by atoms with Crippen LogP contribution in [0.5, 0.6) is 5.75 Å². The molecular formula is C30H28ClN3O5. The first-order chi connectivity index (χ1) is 18.9. The van der Waals surface area contributed by atoms with Crippen molar-refractivity contribution in [2.45, 2.75) is 26.4 Å². The van der Waals surface area contributed by atoms with E-state index in [0.29, 0.717) is 33.0 Å².